The highest BCUT2D eigenvalue weighted by molar-refractivity contribution is 5.24. The third-order valence-corrected chi connectivity index (χ3v) is 2.37. The lowest BCUT2D eigenvalue weighted by Crippen LogP contribution is -2.40. The number of aromatic nitrogens is 1. The molecule has 0 saturated heterocycles. The van der Waals surface area contributed by atoms with Gasteiger partial charge in [0.2, 0.25) is 0 Å². The molecule has 0 spiro atoms. The first-order valence-corrected chi connectivity index (χ1v) is 4.49. The maximum absolute atomic E-state index is 5.18. The maximum atomic E-state index is 5.18. The molecule has 1 saturated carbocycles. The summed E-state index contributed by atoms with van der Waals surface area (Å²) in [6.45, 7) is 1.91. The van der Waals surface area contributed by atoms with E-state index in [1.165, 1.54) is 0 Å². The van der Waals surface area contributed by atoms with Gasteiger partial charge in [0.1, 0.15) is 6.26 Å². The zero-order valence-electron chi connectivity index (χ0n) is 7.91. The molecule has 4 nitrogen and oxygen atoms in total. The molecule has 0 aromatic carbocycles. The Morgan fingerprint density at radius 3 is 2.92 bits per heavy atom. The van der Waals surface area contributed by atoms with E-state index in [0.29, 0.717) is 18.2 Å². The summed E-state index contributed by atoms with van der Waals surface area (Å²) in [5.41, 5.74) is 0.908. The lowest BCUT2D eigenvalue weighted by atomic mass is 9.89. The van der Waals surface area contributed by atoms with Crippen LogP contribution in [-0.4, -0.2) is 24.2 Å². The second kappa shape index (κ2) is 3.38. The number of nitrogens with zero attached hydrogens (tertiary/aromatic N) is 1. The highest BCUT2D eigenvalue weighted by atomic mass is 16.5. The Morgan fingerprint density at radius 2 is 2.38 bits per heavy atom. The van der Waals surface area contributed by atoms with Crippen molar-refractivity contribution >= 4 is 6.01 Å². The zero-order valence-corrected chi connectivity index (χ0v) is 7.91. The van der Waals surface area contributed by atoms with Crippen LogP contribution in [0, 0.1) is 6.92 Å². The van der Waals surface area contributed by atoms with Crippen LogP contribution in [0.1, 0.15) is 18.5 Å². The molecule has 0 aliphatic heterocycles. The fraction of sp³-hybridized carbons (Fsp3) is 0.667. The van der Waals surface area contributed by atoms with Gasteiger partial charge in [-0.3, -0.25) is 0 Å². The summed E-state index contributed by atoms with van der Waals surface area (Å²) in [5.74, 6) is 0. The van der Waals surface area contributed by atoms with Crippen LogP contribution in [0.4, 0.5) is 6.01 Å². The van der Waals surface area contributed by atoms with Gasteiger partial charge in [-0.05, 0) is 19.8 Å². The quantitative estimate of drug-likeness (QED) is 0.770. The van der Waals surface area contributed by atoms with Crippen molar-refractivity contribution < 1.29 is 9.15 Å². The summed E-state index contributed by atoms with van der Waals surface area (Å²) >= 11 is 0. The molecule has 0 unspecified atom stereocenters. The van der Waals surface area contributed by atoms with Crippen LogP contribution >= 0.6 is 0 Å². The van der Waals surface area contributed by atoms with Crippen LogP contribution in [0.25, 0.3) is 0 Å². The number of hydrogen-bond acceptors (Lipinski definition) is 4. The Bertz CT molecular complexity index is 279. The van der Waals surface area contributed by atoms with Gasteiger partial charge < -0.3 is 14.5 Å². The fourth-order valence-corrected chi connectivity index (χ4v) is 1.47. The van der Waals surface area contributed by atoms with Gasteiger partial charge in [-0.15, -0.1) is 0 Å². The monoisotopic (exact) mass is 182 g/mol. The van der Waals surface area contributed by atoms with Gasteiger partial charge in [0.05, 0.1) is 11.8 Å². The molecule has 1 heterocycles. The molecule has 1 aliphatic carbocycles. The van der Waals surface area contributed by atoms with E-state index in [2.05, 4.69) is 10.3 Å². The molecule has 13 heavy (non-hydrogen) atoms. The third kappa shape index (κ3) is 1.83. The minimum atomic E-state index is 0.411. The number of rotatable bonds is 3. The second-order valence-electron chi connectivity index (χ2n) is 3.46. The average Bonchev–Trinajstić information content (AvgIpc) is 2.43. The normalized spacial score (nSPS) is 26.9. The standard InChI is InChI=1S/C9H14N2O2/c1-6-5-13-9(10-6)11-7-3-8(4-7)12-2/h5,7-8H,3-4H2,1-2H3,(H,10,11). The number of methoxy groups -OCH3 is 1. The van der Waals surface area contributed by atoms with Gasteiger partial charge in [0, 0.05) is 13.2 Å². The van der Waals surface area contributed by atoms with Crippen LogP contribution < -0.4 is 5.32 Å². The van der Waals surface area contributed by atoms with Crippen molar-refractivity contribution in [1.29, 1.82) is 0 Å². The Balaban J connectivity index is 1.81. The third-order valence-electron chi connectivity index (χ3n) is 2.37. The molecule has 72 valence electrons. The van der Waals surface area contributed by atoms with E-state index in [9.17, 15) is 0 Å². The molecule has 1 aromatic heterocycles. The van der Waals surface area contributed by atoms with Gasteiger partial charge in [0.15, 0.2) is 0 Å². The summed E-state index contributed by atoms with van der Waals surface area (Å²) in [7, 11) is 1.75. The van der Waals surface area contributed by atoms with Gasteiger partial charge in [-0.25, -0.2) is 0 Å². The minimum absolute atomic E-state index is 0.411. The van der Waals surface area contributed by atoms with Crippen molar-refractivity contribution in [2.45, 2.75) is 31.9 Å². The highest BCUT2D eigenvalue weighted by Crippen LogP contribution is 2.25. The second-order valence-corrected chi connectivity index (χ2v) is 3.46. The van der Waals surface area contributed by atoms with E-state index in [1.807, 2.05) is 6.92 Å². The smallest absolute Gasteiger partial charge is 0.294 e. The molecule has 1 aromatic rings. The van der Waals surface area contributed by atoms with Crippen LogP contribution in [0.5, 0.6) is 0 Å². The van der Waals surface area contributed by atoms with E-state index < -0.39 is 0 Å². The van der Waals surface area contributed by atoms with Gasteiger partial charge in [-0.2, -0.15) is 4.98 Å². The molecule has 4 heteroatoms. The number of hydrogen-bond donors (Lipinski definition) is 1. The lowest BCUT2D eigenvalue weighted by Gasteiger charge is -2.33. The van der Waals surface area contributed by atoms with Crippen molar-refractivity contribution in [3.63, 3.8) is 0 Å². The predicted octanol–water partition coefficient (Wildman–Crippen LogP) is 1.57. The topological polar surface area (TPSA) is 47.3 Å². The molecule has 0 radical (unpaired) electrons. The molecule has 1 aliphatic rings. The van der Waals surface area contributed by atoms with Gasteiger partial charge >= 0.3 is 0 Å². The molecule has 0 bridgehead atoms. The largest absolute Gasteiger partial charge is 0.432 e. The molecule has 0 atom stereocenters. The number of oxazole rings is 1. The summed E-state index contributed by atoms with van der Waals surface area (Å²) in [6.07, 6.45) is 4.14. The summed E-state index contributed by atoms with van der Waals surface area (Å²) in [6, 6.07) is 1.08. The van der Waals surface area contributed by atoms with E-state index >= 15 is 0 Å². The van der Waals surface area contributed by atoms with Crippen LogP contribution in [-0.2, 0) is 4.74 Å². The van der Waals surface area contributed by atoms with Gasteiger partial charge in [0.25, 0.3) is 6.01 Å². The molecule has 1 fully saturated rings. The Kier molecular flexibility index (Phi) is 2.22. The first kappa shape index (κ1) is 8.56. The molecule has 0 amide bonds. The molecule has 2 rings (SSSR count). The first-order valence-electron chi connectivity index (χ1n) is 4.49. The van der Waals surface area contributed by atoms with Crippen molar-refractivity contribution in [3.05, 3.63) is 12.0 Å². The lowest BCUT2D eigenvalue weighted by molar-refractivity contribution is 0.0323. The minimum Gasteiger partial charge on any atom is -0.432 e. The summed E-state index contributed by atoms with van der Waals surface area (Å²) in [4.78, 5) is 4.16. The van der Waals surface area contributed by atoms with Crippen molar-refractivity contribution in [2.24, 2.45) is 0 Å². The fourth-order valence-electron chi connectivity index (χ4n) is 1.47. The average molecular weight is 182 g/mol. The Labute approximate surface area is 77.3 Å². The van der Waals surface area contributed by atoms with Crippen LogP contribution in [0.2, 0.25) is 0 Å². The molecule has 1 N–H and O–H groups in total. The Hall–Kier alpha value is -1.03. The van der Waals surface area contributed by atoms with E-state index in [1.54, 1.807) is 13.4 Å². The number of aryl methyl sites for hydroxylation is 1. The number of anilines is 1. The van der Waals surface area contributed by atoms with Gasteiger partial charge in [-0.1, -0.05) is 0 Å². The maximum Gasteiger partial charge on any atom is 0.294 e. The number of ether oxygens (including phenoxy) is 1. The van der Waals surface area contributed by atoms with Crippen LogP contribution in [0.15, 0.2) is 10.7 Å². The zero-order chi connectivity index (χ0) is 9.26. The van der Waals surface area contributed by atoms with E-state index in [-0.39, 0.29) is 0 Å². The van der Waals surface area contributed by atoms with Crippen LogP contribution in [0.3, 0.4) is 0 Å². The van der Waals surface area contributed by atoms with E-state index in [4.69, 9.17) is 9.15 Å². The Morgan fingerprint density at radius 1 is 1.62 bits per heavy atom. The number of nitrogens with one attached hydrogen (secondary N) is 1. The van der Waals surface area contributed by atoms with Crippen molar-refractivity contribution in [3.8, 4) is 0 Å². The molecular weight excluding hydrogens is 168 g/mol. The first-order chi connectivity index (χ1) is 6.28. The molecular formula is C9H14N2O2. The van der Waals surface area contributed by atoms with E-state index in [0.717, 1.165) is 18.5 Å². The summed E-state index contributed by atoms with van der Waals surface area (Å²) < 4.78 is 10.3. The van der Waals surface area contributed by atoms with Crippen molar-refractivity contribution in [2.75, 3.05) is 12.4 Å². The summed E-state index contributed by atoms with van der Waals surface area (Å²) in [5, 5.41) is 3.21. The predicted molar refractivity (Wildman–Crippen MR) is 48.7 cm³/mol. The SMILES string of the molecule is COC1CC(Nc2nc(C)co2)C1. The van der Waals surface area contributed by atoms with Crippen molar-refractivity contribution in [1.82, 2.24) is 4.98 Å². The highest BCUT2D eigenvalue weighted by Gasteiger charge is 2.29.